The molecule has 2 N–H and O–H groups in total. The fourth-order valence-electron chi connectivity index (χ4n) is 1.51. The fraction of sp³-hybridized carbons (Fsp3) is 0.417. The van der Waals surface area contributed by atoms with E-state index < -0.39 is 5.41 Å². The average molecular weight is 260 g/mol. The topological polar surface area (TPSA) is 43.1 Å². The number of rotatable bonds is 4. The summed E-state index contributed by atoms with van der Waals surface area (Å²) >= 11 is 11.8. The number of ketones is 1. The molecule has 0 radical (unpaired) electrons. The summed E-state index contributed by atoms with van der Waals surface area (Å²) in [5, 5.41) is 0.917. The second-order valence-electron chi connectivity index (χ2n) is 4.38. The van der Waals surface area contributed by atoms with Crippen molar-refractivity contribution in [3.63, 3.8) is 0 Å². The summed E-state index contributed by atoms with van der Waals surface area (Å²) in [6.45, 7) is 4.21. The summed E-state index contributed by atoms with van der Waals surface area (Å²) in [4.78, 5) is 12.2. The van der Waals surface area contributed by atoms with Gasteiger partial charge in [0.2, 0.25) is 0 Å². The lowest BCUT2D eigenvalue weighted by Crippen LogP contribution is -2.27. The molecule has 1 rings (SSSR count). The largest absolute Gasteiger partial charge is 0.330 e. The van der Waals surface area contributed by atoms with Crippen molar-refractivity contribution in [2.75, 3.05) is 6.54 Å². The smallest absolute Gasteiger partial charge is 0.169 e. The highest BCUT2D eigenvalue weighted by Gasteiger charge is 2.29. The molecule has 0 aromatic heterocycles. The molecular formula is C12H15Cl2NO. The SMILES string of the molecule is CC(C)(CCN)C(=O)c1ccc(Cl)cc1Cl. The first-order chi connectivity index (χ1) is 7.38. The van der Waals surface area contributed by atoms with E-state index in [1.807, 2.05) is 13.8 Å². The predicted octanol–water partition coefficient (Wildman–Crippen LogP) is 3.55. The third-order valence-electron chi connectivity index (χ3n) is 2.56. The lowest BCUT2D eigenvalue weighted by molar-refractivity contribution is 0.0829. The molecule has 0 atom stereocenters. The molecule has 2 nitrogen and oxygen atoms in total. The van der Waals surface area contributed by atoms with Crippen molar-refractivity contribution >= 4 is 29.0 Å². The summed E-state index contributed by atoms with van der Waals surface area (Å²) in [6, 6.07) is 4.90. The third-order valence-corrected chi connectivity index (χ3v) is 3.11. The van der Waals surface area contributed by atoms with Crippen LogP contribution in [-0.4, -0.2) is 12.3 Å². The van der Waals surface area contributed by atoms with E-state index in [-0.39, 0.29) is 5.78 Å². The molecule has 0 aliphatic heterocycles. The Morgan fingerprint density at radius 3 is 2.50 bits per heavy atom. The normalized spacial score (nSPS) is 11.6. The first kappa shape index (κ1) is 13.5. The minimum Gasteiger partial charge on any atom is -0.330 e. The highest BCUT2D eigenvalue weighted by atomic mass is 35.5. The molecule has 4 heteroatoms. The molecule has 0 aliphatic carbocycles. The van der Waals surface area contributed by atoms with Gasteiger partial charge < -0.3 is 5.73 Å². The zero-order chi connectivity index (χ0) is 12.3. The zero-order valence-corrected chi connectivity index (χ0v) is 10.9. The Balaban J connectivity index is 3.05. The van der Waals surface area contributed by atoms with Crippen molar-refractivity contribution in [3.05, 3.63) is 33.8 Å². The minimum atomic E-state index is -0.494. The molecule has 0 saturated carbocycles. The van der Waals surface area contributed by atoms with Gasteiger partial charge in [-0.1, -0.05) is 37.0 Å². The van der Waals surface area contributed by atoms with Crippen LogP contribution in [0, 0.1) is 5.41 Å². The first-order valence-corrected chi connectivity index (χ1v) is 5.84. The van der Waals surface area contributed by atoms with E-state index in [9.17, 15) is 4.79 Å². The van der Waals surface area contributed by atoms with Crippen LogP contribution in [0.1, 0.15) is 30.6 Å². The summed E-state index contributed by atoms with van der Waals surface area (Å²) < 4.78 is 0. The maximum absolute atomic E-state index is 12.2. The standard InChI is InChI=1S/C12H15Cl2NO/c1-12(2,5-6-15)11(16)9-4-3-8(13)7-10(9)14/h3-4,7H,5-6,15H2,1-2H3. The van der Waals surface area contributed by atoms with Crippen molar-refractivity contribution in [2.24, 2.45) is 11.1 Å². The van der Waals surface area contributed by atoms with Crippen LogP contribution in [0.15, 0.2) is 18.2 Å². The van der Waals surface area contributed by atoms with Crippen molar-refractivity contribution in [1.82, 2.24) is 0 Å². The molecule has 0 saturated heterocycles. The van der Waals surface area contributed by atoms with Gasteiger partial charge in [0.05, 0.1) is 5.02 Å². The number of carbonyl (C=O) groups excluding carboxylic acids is 1. The molecule has 88 valence electrons. The molecule has 0 fully saturated rings. The highest BCUT2D eigenvalue weighted by Crippen LogP contribution is 2.30. The van der Waals surface area contributed by atoms with Gasteiger partial charge in [-0.3, -0.25) is 4.79 Å². The first-order valence-electron chi connectivity index (χ1n) is 5.08. The number of benzene rings is 1. The Morgan fingerprint density at radius 1 is 1.38 bits per heavy atom. The molecule has 0 amide bonds. The summed E-state index contributed by atoms with van der Waals surface area (Å²) in [5.74, 6) is -0.000355. The maximum atomic E-state index is 12.2. The van der Waals surface area contributed by atoms with Crippen molar-refractivity contribution < 1.29 is 4.79 Å². The van der Waals surface area contributed by atoms with Crippen LogP contribution in [0.4, 0.5) is 0 Å². The molecule has 16 heavy (non-hydrogen) atoms. The average Bonchev–Trinajstić information content (AvgIpc) is 2.16. The minimum absolute atomic E-state index is 0.000355. The monoisotopic (exact) mass is 259 g/mol. The quantitative estimate of drug-likeness (QED) is 0.841. The molecule has 0 unspecified atom stereocenters. The van der Waals surface area contributed by atoms with Crippen LogP contribution in [0.3, 0.4) is 0 Å². The second-order valence-corrected chi connectivity index (χ2v) is 5.22. The van der Waals surface area contributed by atoms with Crippen molar-refractivity contribution in [2.45, 2.75) is 20.3 Å². The number of hydrogen-bond donors (Lipinski definition) is 1. The highest BCUT2D eigenvalue weighted by molar-refractivity contribution is 6.37. The van der Waals surface area contributed by atoms with Crippen LogP contribution >= 0.6 is 23.2 Å². The number of hydrogen-bond acceptors (Lipinski definition) is 2. The summed E-state index contributed by atoms with van der Waals surface area (Å²) in [7, 11) is 0. The van der Waals surface area contributed by atoms with Crippen LogP contribution < -0.4 is 5.73 Å². The lowest BCUT2D eigenvalue weighted by Gasteiger charge is -2.22. The van der Waals surface area contributed by atoms with Gasteiger partial charge in [0.1, 0.15) is 0 Å². The Labute approximate surface area is 106 Å². The van der Waals surface area contributed by atoms with E-state index in [1.165, 1.54) is 0 Å². The molecule has 0 aliphatic rings. The van der Waals surface area contributed by atoms with Gasteiger partial charge in [-0.2, -0.15) is 0 Å². The van der Waals surface area contributed by atoms with Gasteiger partial charge >= 0.3 is 0 Å². The molecule has 0 spiro atoms. The Morgan fingerprint density at radius 2 is 2.00 bits per heavy atom. The number of Topliss-reactive ketones (excluding diaryl/α,β-unsaturated/α-hetero) is 1. The Kier molecular flexibility index (Phi) is 4.36. The van der Waals surface area contributed by atoms with Gasteiger partial charge in [-0.15, -0.1) is 0 Å². The predicted molar refractivity (Wildman–Crippen MR) is 68.2 cm³/mol. The van der Waals surface area contributed by atoms with Crippen LogP contribution in [-0.2, 0) is 0 Å². The van der Waals surface area contributed by atoms with E-state index in [2.05, 4.69) is 0 Å². The summed E-state index contributed by atoms with van der Waals surface area (Å²) in [6.07, 6.45) is 0.630. The molecular weight excluding hydrogens is 245 g/mol. The van der Waals surface area contributed by atoms with Crippen LogP contribution in [0.5, 0.6) is 0 Å². The zero-order valence-electron chi connectivity index (χ0n) is 9.39. The van der Waals surface area contributed by atoms with Gasteiger partial charge in [-0.05, 0) is 31.2 Å². The van der Waals surface area contributed by atoms with E-state index in [4.69, 9.17) is 28.9 Å². The van der Waals surface area contributed by atoms with Crippen LogP contribution in [0.2, 0.25) is 10.0 Å². The van der Waals surface area contributed by atoms with Crippen molar-refractivity contribution in [3.8, 4) is 0 Å². The van der Waals surface area contributed by atoms with Gasteiger partial charge in [0.15, 0.2) is 5.78 Å². The second kappa shape index (κ2) is 5.17. The van der Waals surface area contributed by atoms with Gasteiger partial charge in [-0.25, -0.2) is 0 Å². The lowest BCUT2D eigenvalue weighted by atomic mass is 9.81. The molecule has 1 aromatic rings. The van der Waals surface area contributed by atoms with Crippen LogP contribution in [0.25, 0.3) is 0 Å². The van der Waals surface area contributed by atoms with Crippen molar-refractivity contribution in [1.29, 1.82) is 0 Å². The fourth-order valence-corrected chi connectivity index (χ4v) is 2.01. The number of carbonyl (C=O) groups is 1. The maximum Gasteiger partial charge on any atom is 0.169 e. The van der Waals surface area contributed by atoms with Gasteiger partial charge in [0.25, 0.3) is 0 Å². The Hall–Kier alpha value is -0.570. The Bertz CT molecular complexity index is 402. The van der Waals surface area contributed by atoms with E-state index in [0.29, 0.717) is 28.6 Å². The third kappa shape index (κ3) is 2.97. The molecule has 1 aromatic carbocycles. The number of nitrogens with two attached hydrogens (primary N) is 1. The van der Waals surface area contributed by atoms with E-state index in [0.717, 1.165) is 0 Å². The van der Waals surface area contributed by atoms with Gasteiger partial charge in [0, 0.05) is 16.0 Å². The summed E-state index contributed by atoms with van der Waals surface area (Å²) in [5.41, 5.74) is 5.50. The molecule has 0 heterocycles. The van der Waals surface area contributed by atoms with E-state index in [1.54, 1.807) is 18.2 Å². The van der Waals surface area contributed by atoms with E-state index >= 15 is 0 Å². The number of halogens is 2. The molecule has 0 bridgehead atoms.